The molecule has 0 spiro atoms. The minimum Gasteiger partial charge on any atom is -0.420 e. The molecular formula is C32H22N8O2. The van der Waals surface area contributed by atoms with E-state index in [1.165, 1.54) is 0 Å². The zero-order valence-electron chi connectivity index (χ0n) is 22.0. The van der Waals surface area contributed by atoms with Crippen molar-refractivity contribution >= 4 is 0 Å². The van der Waals surface area contributed by atoms with Gasteiger partial charge < -0.3 is 20.9 Å². The molecule has 0 bridgehead atoms. The highest BCUT2D eigenvalue weighted by Crippen LogP contribution is 2.49. The van der Waals surface area contributed by atoms with Gasteiger partial charge in [0.2, 0.25) is 23.5 Å². The normalized spacial score (nSPS) is 17.4. The summed E-state index contributed by atoms with van der Waals surface area (Å²) in [6.07, 6.45) is 0. The van der Waals surface area contributed by atoms with E-state index in [2.05, 4.69) is 32.5 Å². The number of nitrogens with zero attached hydrogens (tertiary/aromatic N) is 4. The van der Waals surface area contributed by atoms with Gasteiger partial charge >= 0.3 is 0 Å². The van der Waals surface area contributed by atoms with Gasteiger partial charge in [0.1, 0.15) is 23.3 Å². The molecule has 42 heavy (non-hydrogen) atoms. The van der Waals surface area contributed by atoms with Crippen LogP contribution in [0.4, 0.5) is 0 Å². The summed E-state index contributed by atoms with van der Waals surface area (Å²) in [4.78, 5) is 0. The van der Waals surface area contributed by atoms with Gasteiger partial charge in [-0.3, -0.25) is 10.2 Å². The first-order valence-corrected chi connectivity index (χ1v) is 13.1. The zero-order chi connectivity index (χ0) is 28.8. The largest absolute Gasteiger partial charge is 0.420 e. The van der Waals surface area contributed by atoms with E-state index in [1.807, 2.05) is 84.9 Å². The number of fused-ring (bicyclic) bond motifs is 2. The predicted octanol–water partition coefficient (Wildman–Crippen LogP) is 4.90. The van der Waals surface area contributed by atoms with Crippen LogP contribution in [0.5, 0.6) is 11.8 Å². The van der Waals surface area contributed by atoms with Crippen LogP contribution in [0.25, 0.3) is 22.5 Å². The molecule has 0 aliphatic carbocycles. The Morgan fingerprint density at radius 2 is 1.05 bits per heavy atom. The molecule has 2 aliphatic rings. The lowest BCUT2D eigenvalue weighted by Gasteiger charge is -2.27. The Balaban J connectivity index is 1.42. The van der Waals surface area contributed by atoms with E-state index in [1.54, 1.807) is 0 Å². The molecule has 2 atom stereocenters. The molecule has 0 radical (unpaired) electrons. The summed E-state index contributed by atoms with van der Waals surface area (Å²) in [5.74, 6) is -0.589. The Morgan fingerprint density at radius 1 is 0.619 bits per heavy atom. The number of hydrogen-bond acceptors (Lipinski definition) is 8. The van der Waals surface area contributed by atoms with Crippen LogP contribution in [0.3, 0.4) is 0 Å². The monoisotopic (exact) mass is 550 g/mol. The Bertz CT molecular complexity index is 1850. The number of rotatable bonds is 4. The van der Waals surface area contributed by atoms with E-state index >= 15 is 0 Å². The van der Waals surface area contributed by atoms with E-state index in [4.69, 9.17) is 20.9 Å². The molecule has 0 saturated heterocycles. The third-order valence-corrected chi connectivity index (χ3v) is 7.58. The maximum Gasteiger partial charge on any atom is 0.244 e. The van der Waals surface area contributed by atoms with E-state index in [9.17, 15) is 10.5 Å². The number of nitrogens with two attached hydrogens (primary N) is 2. The van der Waals surface area contributed by atoms with Crippen molar-refractivity contribution in [1.82, 2.24) is 20.4 Å². The molecule has 2 aliphatic heterocycles. The zero-order valence-corrected chi connectivity index (χ0v) is 22.0. The highest BCUT2D eigenvalue weighted by molar-refractivity contribution is 5.73. The van der Waals surface area contributed by atoms with E-state index < -0.39 is 11.8 Å². The molecule has 3 aromatic carbocycles. The van der Waals surface area contributed by atoms with Crippen LogP contribution in [0.1, 0.15) is 34.1 Å². The first-order valence-electron chi connectivity index (χ1n) is 13.1. The molecule has 7 rings (SSSR count). The molecule has 202 valence electrons. The molecule has 4 heterocycles. The minimum atomic E-state index is -0.586. The summed E-state index contributed by atoms with van der Waals surface area (Å²) in [6, 6.07) is 31.6. The molecule has 2 unspecified atom stereocenters. The van der Waals surface area contributed by atoms with Crippen LogP contribution in [-0.2, 0) is 0 Å². The maximum absolute atomic E-state index is 10.2. The first kappa shape index (κ1) is 24.8. The average molecular weight is 551 g/mol. The summed E-state index contributed by atoms with van der Waals surface area (Å²) in [5.41, 5.74) is 19.1. The SMILES string of the molecule is N#CC1=C(N)Oc2n[nH]c(-c3ccccc3)c2C1c1cccc(C2C(C#N)=C(N)Oc3n[nH]c(-c4ccccc4)c32)c1. The average Bonchev–Trinajstić information content (AvgIpc) is 3.64. The van der Waals surface area contributed by atoms with Crippen molar-refractivity contribution in [2.45, 2.75) is 11.8 Å². The highest BCUT2D eigenvalue weighted by Gasteiger charge is 2.38. The van der Waals surface area contributed by atoms with Gasteiger partial charge in [0.15, 0.2) is 0 Å². The number of benzene rings is 3. The van der Waals surface area contributed by atoms with Gasteiger partial charge in [0.25, 0.3) is 0 Å². The summed E-state index contributed by atoms with van der Waals surface area (Å²) >= 11 is 0. The second-order valence-corrected chi connectivity index (χ2v) is 9.89. The van der Waals surface area contributed by atoms with Crippen LogP contribution >= 0.6 is 0 Å². The second kappa shape index (κ2) is 9.73. The quantitative estimate of drug-likeness (QED) is 0.244. The smallest absolute Gasteiger partial charge is 0.244 e. The van der Waals surface area contributed by atoms with E-state index in [-0.39, 0.29) is 22.9 Å². The number of aromatic amines is 2. The Hall–Kier alpha value is -6.26. The van der Waals surface area contributed by atoms with Crippen molar-refractivity contribution in [2.24, 2.45) is 11.5 Å². The Morgan fingerprint density at radius 3 is 1.45 bits per heavy atom. The number of aromatic nitrogens is 4. The van der Waals surface area contributed by atoms with Crippen molar-refractivity contribution in [3.05, 3.63) is 130 Å². The fourth-order valence-corrected chi connectivity index (χ4v) is 5.72. The molecule has 0 saturated carbocycles. The molecule has 10 nitrogen and oxygen atoms in total. The number of nitriles is 2. The molecule has 0 fully saturated rings. The number of allylic oxidation sites excluding steroid dienone is 2. The van der Waals surface area contributed by atoms with Crippen molar-refractivity contribution < 1.29 is 9.47 Å². The molecule has 10 heteroatoms. The Labute approximate surface area is 240 Å². The third-order valence-electron chi connectivity index (χ3n) is 7.58. The maximum atomic E-state index is 10.2. The standard InChI is InChI=1S/C32H22N8O2/c33-15-21-23(25-27(17-8-3-1-4-9-17)37-39-31(25)41-29(21)35)19-12-7-13-20(14-19)24-22(16-34)30(36)42-32-26(24)28(38-40-32)18-10-5-2-6-11-18/h1-14,23-24H,35-36H2,(H,37,39)(H,38,40). The van der Waals surface area contributed by atoms with Crippen LogP contribution in [0, 0.1) is 22.7 Å². The van der Waals surface area contributed by atoms with Crippen LogP contribution in [0.15, 0.2) is 108 Å². The molecule has 2 aromatic heterocycles. The first-order chi connectivity index (χ1) is 20.6. The fraction of sp³-hybridized carbons (Fsp3) is 0.0625. The van der Waals surface area contributed by atoms with Crippen molar-refractivity contribution in [1.29, 1.82) is 10.5 Å². The highest BCUT2D eigenvalue weighted by atomic mass is 16.5. The number of ether oxygens (including phenoxy) is 2. The predicted molar refractivity (Wildman–Crippen MR) is 153 cm³/mol. The minimum absolute atomic E-state index is 0.0112. The van der Waals surface area contributed by atoms with Gasteiger partial charge in [-0.1, -0.05) is 84.9 Å². The third kappa shape index (κ3) is 3.79. The summed E-state index contributed by atoms with van der Waals surface area (Å²) in [7, 11) is 0. The molecule has 6 N–H and O–H groups in total. The van der Waals surface area contributed by atoms with Gasteiger partial charge in [-0.15, -0.1) is 10.2 Å². The van der Waals surface area contributed by atoms with Crippen LogP contribution in [0.2, 0.25) is 0 Å². The lowest BCUT2D eigenvalue weighted by atomic mass is 9.79. The summed E-state index contributed by atoms with van der Waals surface area (Å²) < 4.78 is 11.6. The van der Waals surface area contributed by atoms with E-state index in [0.29, 0.717) is 22.9 Å². The Kier molecular flexibility index (Phi) is 5.74. The van der Waals surface area contributed by atoms with Crippen molar-refractivity contribution in [3.63, 3.8) is 0 Å². The van der Waals surface area contributed by atoms with E-state index in [0.717, 1.165) is 33.6 Å². The van der Waals surface area contributed by atoms with Crippen molar-refractivity contribution in [2.75, 3.05) is 0 Å². The van der Waals surface area contributed by atoms with Gasteiger partial charge in [-0.05, 0) is 22.3 Å². The van der Waals surface area contributed by atoms with Crippen LogP contribution < -0.4 is 20.9 Å². The molecule has 5 aromatic rings. The summed E-state index contributed by atoms with van der Waals surface area (Å²) in [6.45, 7) is 0. The molecular weight excluding hydrogens is 528 g/mol. The number of H-pyrrole nitrogens is 2. The van der Waals surface area contributed by atoms with Gasteiger partial charge in [-0.2, -0.15) is 10.5 Å². The second-order valence-electron chi connectivity index (χ2n) is 9.89. The van der Waals surface area contributed by atoms with Crippen LogP contribution in [-0.4, -0.2) is 20.4 Å². The number of nitrogens with one attached hydrogen (secondary N) is 2. The van der Waals surface area contributed by atoms with Gasteiger partial charge in [-0.25, -0.2) is 0 Å². The van der Waals surface area contributed by atoms with Gasteiger partial charge in [0, 0.05) is 0 Å². The van der Waals surface area contributed by atoms with Gasteiger partial charge in [0.05, 0.1) is 34.4 Å². The molecule has 0 amide bonds. The van der Waals surface area contributed by atoms with Crippen molar-refractivity contribution in [3.8, 4) is 46.4 Å². The fourth-order valence-electron chi connectivity index (χ4n) is 5.72. The topological polar surface area (TPSA) is 175 Å². The lowest BCUT2D eigenvalue weighted by Crippen LogP contribution is -2.22. The summed E-state index contributed by atoms with van der Waals surface area (Å²) in [5, 5.41) is 35.3. The lowest BCUT2D eigenvalue weighted by molar-refractivity contribution is 0.378. The number of hydrogen-bond donors (Lipinski definition) is 4.